The third-order valence-electron chi connectivity index (χ3n) is 6.61. The van der Waals surface area contributed by atoms with Gasteiger partial charge in [-0.25, -0.2) is 4.98 Å². The number of ether oxygens (including phenoxy) is 1. The van der Waals surface area contributed by atoms with Crippen LogP contribution in [0, 0.1) is 0 Å². The summed E-state index contributed by atoms with van der Waals surface area (Å²) in [6.45, 7) is 5.04. The smallest absolute Gasteiger partial charge is 0.378 e. The topological polar surface area (TPSA) is 79.4 Å². The van der Waals surface area contributed by atoms with Gasteiger partial charge in [0.15, 0.2) is 0 Å². The van der Waals surface area contributed by atoms with Crippen molar-refractivity contribution in [3.63, 3.8) is 0 Å². The number of halogens is 3. The van der Waals surface area contributed by atoms with Crippen molar-refractivity contribution in [2.24, 2.45) is 0 Å². The molecule has 1 aliphatic heterocycles. The quantitative estimate of drug-likeness (QED) is 0.278. The summed E-state index contributed by atoms with van der Waals surface area (Å²) >= 11 is 0. The van der Waals surface area contributed by atoms with E-state index in [1.807, 2.05) is 25.1 Å². The molecule has 0 radical (unpaired) electrons. The lowest BCUT2D eigenvalue weighted by molar-refractivity contribution is -0.137. The molecule has 0 aliphatic carbocycles. The molecule has 0 unspecified atom stereocenters. The number of carbonyl (C=O) groups excluding carboxylic acids is 1. The summed E-state index contributed by atoms with van der Waals surface area (Å²) in [6, 6.07) is 19.4. The Morgan fingerprint density at radius 1 is 0.975 bits per heavy atom. The van der Waals surface area contributed by atoms with Crippen molar-refractivity contribution < 1.29 is 22.7 Å². The maximum absolute atomic E-state index is 13.0. The number of aromatic nitrogens is 2. The summed E-state index contributed by atoms with van der Waals surface area (Å²) in [7, 11) is 0. The molecule has 1 amide bonds. The highest BCUT2D eigenvalue weighted by Gasteiger charge is 2.31. The van der Waals surface area contributed by atoms with Gasteiger partial charge in [0.05, 0.1) is 42.9 Å². The molecule has 0 bridgehead atoms. The van der Waals surface area contributed by atoms with E-state index in [9.17, 15) is 18.0 Å². The van der Waals surface area contributed by atoms with Gasteiger partial charge in [-0.05, 0) is 55.0 Å². The molecule has 1 aromatic heterocycles. The van der Waals surface area contributed by atoms with Crippen molar-refractivity contribution in [1.82, 2.24) is 9.97 Å². The first-order chi connectivity index (χ1) is 19.3. The van der Waals surface area contributed by atoms with Crippen molar-refractivity contribution in [2.45, 2.75) is 19.1 Å². The minimum Gasteiger partial charge on any atom is -0.378 e. The van der Waals surface area contributed by atoms with E-state index in [-0.39, 0.29) is 11.6 Å². The highest BCUT2D eigenvalue weighted by Crippen LogP contribution is 2.30. The number of morpholine rings is 1. The van der Waals surface area contributed by atoms with E-state index in [2.05, 4.69) is 32.7 Å². The van der Waals surface area contributed by atoms with E-state index in [1.165, 1.54) is 12.1 Å². The number of carbonyl (C=O) groups is 1. The van der Waals surface area contributed by atoms with Crippen molar-refractivity contribution in [2.75, 3.05) is 41.8 Å². The van der Waals surface area contributed by atoms with Gasteiger partial charge in [-0.1, -0.05) is 30.3 Å². The third kappa shape index (κ3) is 6.58. The van der Waals surface area contributed by atoms with E-state index in [1.54, 1.807) is 30.6 Å². The summed E-state index contributed by atoms with van der Waals surface area (Å²) in [6.07, 6.45) is -1.16. The molecule has 2 heterocycles. The van der Waals surface area contributed by atoms with Crippen LogP contribution in [0.15, 0.2) is 85.2 Å². The highest BCUT2D eigenvalue weighted by molar-refractivity contribution is 6.04. The Balaban J connectivity index is 1.27. The first kappa shape index (κ1) is 27.1. The average molecular weight is 548 g/mol. The number of benzene rings is 3. The lowest BCUT2D eigenvalue weighted by Gasteiger charge is -2.29. The van der Waals surface area contributed by atoms with Gasteiger partial charge < -0.3 is 20.3 Å². The van der Waals surface area contributed by atoms with Crippen molar-refractivity contribution in [1.29, 1.82) is 0 Å². The van der Waals surface area contributed by atoms with Gasteiger partial charge in [-0.3, -0.25) is 9.78 Å². The monoisotopic (exact) mass is 547 g/mol. The minimum atomic E-state index is -4.52. The predicted octanol–water partition coefficient (Wildman–Crippen LogP) is 6.42. The molecule has 206 valence electrons. The van der Waals surface area contributed by atoms with Crippen LogP contribution in [0.1, 0.15) is 34.5 Å². The first-order valence-corrected chi connectivity index (χ1v) is 12.9. The molecular weight excluding hydrogens is 519 g/mol. The van der Waals surface area contributed by atoms with Gasteiger partial charge in [-0.15, -0.1) is 0 Å². The average Bonchev–Trinajstić information content (AvgIpc) is 2.97. The Hall–Kier alpha value is -4.44. The molecule has 1 fully saturated rings. The number of amides is 1. The maximum Gasteiger partial charge on any atom is 0.416 e. The summed E-state index contributed by atoms with van der Waals surface area (Å²) < 4.78 is 44.6. The number of rotatable bonds is 7. The van der Waals surface area contributed by atoms with Crippen LogP contribution in [0.5, 0.6) is 0 Å². The molecule has 4 aromatic rings. The van der Waals surface area contributed by atoms with Crippen LogP contribution < -0.4 is 15.5 Å². The van der Waals surface area contributed by atoms with Gasteiger partial charge in [0.2, 0.25) is 0 Å². The van der Waals surface area contributed by atoms with Crippen LogP contribution in [0.2, 0.25) is 0 Å². The second-order valence-electron chi connectivity index (χ2n) is 9.46. The minimum absolute atomic E-state index is 0.0730. The Morgan fingerprint density at radius 3 is 2.55 bits per heavy atom. The zero-order chi connectivity index (χ0) is 28.1. The van der Waals surface area contributed by atoms with Crippen LogP contribution >= 0.6 is 0 Å². The number of hydrogen-bond donors (Lipinski definition) is 2. The fourth-order valence-electron chi connectivity index (χ4n) is 4.49. The zero-order valence-electron chi connectivity index (χ0n) is 21.8. The lowest BCUT2D eigenvalue weighted by atomic mass is 10.1. The Bertz CT molecular complexity index is 1490. The molecule has 0 saturated carbocycles. The molecule has 1 saturated heterocycles. The van der Waals surface area contributed by atoms with E-state index in [0.717, 1.165) is 47.7 Å². The predicted molar refractivity (Wildman–Crippen MR) is 148 cm³/mol. The van der Waals surface area contributed by atoms with Crippen LogP contribution in [0.4, 0.5) is 30.4 Å². The molecule has 7 nitrogen and oxygen atoms in total. The largest absolute Gasteiger partial charge is 0.416 e. The molecule has 10 heteroatoms. The van der Waals surface area contributed by atoms with E-state index >= 15 is 0 Å². The highest BCUT2D eigenvalue weighted by atomic mass is 19.4. The van der Waals surface area contributed by atoms with E-state index < -0.39 is 17.6 Å². The Morgan fingerprint density at radius 2 is 1.75 bits per heavy atom. The summed E-state index contributed by atoms with van der Waals surface area (Å²) in [5, 5.41) is 6.03. The maximum atomic E-state index is 13.0. The van der Waals surface area contributed by atoms with E-state index in [4.69, 9.17) is 9.72 Å². The molecule has 1 atom stereocenters. The van der Waals surface area contributed by atoms with E-state index in [0.29, 0.717) is 24.7 Å². The standard InChI is InChI=1S/C30H28F3N5O2/c1-20(21-5-3-9-25(16-21)36-29(39)23-7-2-8-24(15-23)30(31,32)33)35-28-19-34-18-27(37-28)22-6-4-10-26(17-22)38-11-13-40-14-12-38/h2-10,15-20H,11-14H2,1H3,(H,35,37)(H,36,39)/t20-/m0/s1. The molecule has 0 spiro atoms. The Labute approximate surface area is 230 Å². The van der Waals surface area contributed by atoms with Crippen LogP contribution in [-0.4, -0.2) is 42.2 Å². The summed E-state index contributed by atoms with van der Waals surface area (Å²) in [4.78, 5) is 24.0. The molecule has 3 aromatic carbocycles. The molecule has 40 heavy (non-hydrogen) atoms. The number of nitrogens with one attached hydrogen (secondary N) is 2. The van der Waals surface area contributed by atoms with Gasteiger partial charge in [0.25, 0.3) is 5.91 Å². The second kappa shape index (κ2) is 11.7. The normalized spacial score (nSPS) is 14.4. The lowest BCUT2D eigenvalue weighted by Crippen LogP contribution is -2.36. The molecule has 2 N–H and O–H groups in total. The first-order valence-electron chi connectivity index (χ1n) is 12.9. The SMILES string of the molecule is C[C@H](Nc1cncc(-c2cccc(N3CCOCC3)c2)n1)c1cccc(NC(=O)c2cccc(C(F)(F)F)c2)c1. The van der Waals surface area contributed by atoms with Gasteiger partial charge in [-0.2, -0.15) is 13.2 Å². The van der Waals surface area contributed by atoms with Gasteiger partial charge >= 0.3 is 6.18 Å². The zero-order valence-corrected chi connectivity index (χ0v) is 21.8. The third-order valence-corrected chi connectivity index (χ3v) is 6.61. The number of nitrogens with zero attached hydrogens (tertiary/aromatic N) is 3. The van der Waals surface area contributed by atoms with Gasteiger partial charge in [0, 0.05) is 35.6 Å². The van der Waals surface area contributed by atoms with Gasteiger partial charge in [0.1, 0.15) is 5.82 Å². The van der Waals surface area contributed by atoms with Crippen LogP contribution in [0.3, 0.4) is 0 Å². The fourth-order valence-corrected chi connectivity index (χ4v) is 4.49. The number of anilines is 3. The van der Waals surface area contributed by atoms with Crippen molar-refractivity contribution >= 4 is 23.1 Å². The summed E-state index contributed by atoms with van der Waals surface area (Å²) in [5.41, 5.74) is 3.16. The second-order valence-corrected chi connectivity index (χ2v) is 9.46. The number of hydrogen-bond acceptors (Lipinski definition) is 6. The van der Waals surface area contributed by atoms with Crippen molar-refractivity contribution in [3.8, 4) is 11.3 Å². The fraction of sp³-hybridized carbons (Fsp3) is 0.233. The molecule has 1 aliphatic rings. The Kier molecular flexibility index (Phi) is 7.97. The molecular formula is C30H28F3N5O2. The summed E-state index contributed by atoms with van der Waals surface area (Å²) in [5.74, 6) is -0.0399. The van der Waals surface area contributed by atoms with Crippen molar-refractivity contribution in [3.05, 3.63) is 102 Å². The van der Waals surface area contributed by atoms with Crippen LogP contribution in [-0.2, 0) is 10.9 Å². The molecule has 5 rings (SSSR count). The number of alkyl halides is 3. The van der Waals surface area contributed by atoms with Crippen LogP contribution in [0.25, 0.3) is 11.3 Å².